The van der Waals surface area contributed by atoms with E-state index in [9.17, 15) is 9.59 Å². The molecule has 0 aromatic carbocycles. The van der Waals surface area contributed by atoms with Crippen LogP contribution in [-0.4, -0.2) is 53.5 Å². The van der Waals surface area contributed by atoms with Gasteiger partial charge in [0.25, 0.3) is 11.5 Å². The fourth-order valence-corrected chi connectivity index (χ4v) is 3.57. The van der Waals surface area contributed by atoms with E-state index in [-0.39, 0.29) is 11.5 Å². The first kappa shape index (κ1) is 17.7. The van der Waals surface area contributed by atoms with Crippen molar-refractivity contribution in [3.05, 3.63) is 33.2 Å². The molecule has 5 heteroatoms. The average molecular weight is 319 g/mol. The summed E-state index contributed by atoms with van der Waals surface area (Å²) in [6, 6.07) is 2.29. The zero-order valence-corrected chi connectivity index (χ0v) is 15.1. The molecular weight excluding hydrogens is 290 g/mol. The molecule has 2 rings (SSSR count). The highest BCUT2D eigenvalue weighted by molar-refractivity contribution is 5.94. The molecule has 0 spiro atoms. The summed E-state index contributed by atoms with van der Waals surface area (Å²) in [6.45, 7) is 5.46. The van der Waals surface area contributed by atoms with E-state index < -0.39 is 0 Å². The van der Waals surface area contributed by atoms with E-state index in [1.165, 1.54) is 0 Å². The Balaban J connectivity index is 2.26. The van der Waals surface area contributed by atoms with Gasteiger partial charge in [0, 0.05) is 31.9 Å². The molecule has 0 unspecified atom stereocenters. The van der Waals surface area contributed by atoms with Crippen LogP contribution in [0.3, 0.4) is 0 Å². The van der Waals surface area contributed by atoms with Gasteiger partial charge in [-0.05, 0) is 58.3 Å². The predicted molar refractivity (Wildman–Crippen MR) is 93.0 cm³/mol. The first-order chi connectivity index (χ1) is 10.9. The van der Waals surface area contributed by atoms with E-state index in [1.54, 1.807) is 17.7 Å². The van der Waals surface area contributed by atoms with E-state index in [4.69, 9.17) is 0 Å². The average Bonchev–Trinajstić information content (AvgIpc) is 2.77. The molecule has 0 aliphatic carbocycles. The Labute approximate surface area is 138 Å². The van der Waals surface area contributed by atoms with E-state index in [1.807, 2.05) is 18.7 Å². The molecule has 5 nitrogen and oxygen atoms in total. The van der Waals surface area contributed by atoms with Crippen molar-refractivity contribution in [1.29, 1.82) is 0 Å². The van der Waals surface area contributed by atoms with Gasteiger partial charge in [0.1, 0.15) is 5.56 Å². The lowest BCUT2D eigenvalue weighted by Gasteiger charge is -2.23. The smallest absolute Gasteiger partial charge is 0.263 e. The van der Waals surface area contributed by atoms with Crippen LogP contribution in [0.4, 0.5) is 0 Å². The van der Waals surface area contributed by atoms with Crippen molar-refractivity contribution in [1.82, 2.24) is 14.4 Å². The number of amides is 1. The summed E-state index contributed by atoms with van der Waals surface area (Å²) in [5.41, 5.74) is 2.14. The Morgan fingerprint density at radius 3 is 2.61 bits per heavy atom. The molecule has 1 aliphatic heterocycles. The molecule has 1 aromatic rings. The van der Waals surface area contributed by atoms with Gasteiger partial charge in [0.15, 0.2) is 0 Å². The van der Waals surface area contributed by atoms with Crippen LogP contribution in [0.1, 0.15) is 47.8 Å². The lowest BCUT2D eigenvalue weighted by molar-refractivity contribution is 0.0756. The molecule has 23 heavy (non-hydrogen) atoms. The lowest BCUT2D eigenvalue weighted by atomic mass is 10.1. The van der Waals surface area contributed by atoms with Crippen LogP contribution >= 0.6 is 0 Å². The van der Waals surface area contributed by atoms with Crippen LogP contribution in [0.2, 0.25) is 0 Å². The lowest BCUT2D eigenvalue weighted by Crippen LogP contribution is -2.38. The van der Waals surface area contributed by atoms with Gasteiger partial charge < -0.3 is 14.4 Å². The Hall–Kier alpha value is -1.62. The maximum Gasteiger partial charge on any atom is 0.263 e. The normalized spacial score (nSPS) is 19.0. The van der Waals surface area contributed by atoms with Gasteiger partial charge in [-0.2, -0.15) is 0 Å². The fourth-order valence-electron chi connectivity index (χ4n) is 3.57. The monoisotopic (exact) mass is 319 g/mol. The number of pyridine rings is 1. The number of aryl methyl sites for hydroxylation is 1. The second-order valence-electron chi connectivity index (χ2n) is 6.75. The molecule has 1 aromatic heterocycles. The molecular formula is C18H29N3O2. The molecule has 1 aliphatic rings. The molecule has 128 valence electrons. The second-order valence-corrected chi connectivity index (χ2v) is 6.75. The summed E-state index contributed by atoms with van der Waals surface area (Å²) in [5, 5.41) is 0. The molecule has 2 heterocycles. The fraction of sp³-hybridized carbons (Fsp3) is 0.667. The maximum absolute atomic E-state index is 12.9. The van der Waals surface area contributed by atoms with Gasteiger partial charge in [0.2, 0.25) is 0 Å². The second kappa shape index (κ2) is 7.30. The topological polar surface area (TPSA) is 45.6 Å². The van der Waals surface area contributed by atoms with Crippen LogP contribution < -0.4 is 5.56 Å². The van der Waals surface area contributed by atoms with Gasteiger partial charge in [0.05, 0.1) is 0 Å². The largest absolute Gasteiger partial charge is 0.338 e. The van der Waals surface area contributed by atoms with Gasteiger partial charge in [-0.1, -0.05) is 6.92 Å². The molecule has 0 N–H and O–H groups in total. The molecule has 0 bridgehead atoms. The van der Waals surface area contributed by atoms with Gasteiger partial charge in [-0.15, -0.1) is 0 Å². The number of hydrogen-bond acceptors (Lipinski definition) is 3. The van der Waals surface area contributed by atoms with E-state index in [0.717, 1.165) is 50.0 Å². The Bertz CT molecular complexity index is 634. The van der Waals surface area contributed by atoms with E-state index in [0.29, 0.717) is 11.6 Å². The maximum atomic E-state index is 12.9. The number of likely N-dealkylation sites (tertiary alicyclic amines) is 1. The standard InChI is InChI=1S/C18H29N3O2/c1-6-16-13(2)12-15(17(22)20(16)5)18(23)21-10-7-8-14(9-11-21)19(3)4/h12,14H,6-11H2,1-5H3/t14-/m1/s1. The first-order valence-electron chi connectivity index (χ1n) is 8.52. The van der Waals surface area contributed by atoms with Gasteiger partial charge >= 0.3 is 0 Å². The number of carbonyl (C=O) groups is 1. The van der Waals surface area contributed by atoms with Crippen LogP contribution in [0.15, 0.2) is 10.9 Å². The van der Waals surface area contributed by atoms with E-state index in [2.05, 4.69) is 19.0 Å². The number of aromatic nitrogens is 1. The number of hydrogen-bond donors (Lipinski definition) is 0. The van der Waals surface area contributed by atoms with Crippen molar-refractivity contribution < 1.29 is 4.79 Å². The van der Waals surface area contributed by atoms with E-state index >= 15 is 0 Å². The van der Waals surface area contributed by atoms with Crippen LogP contribution in [0, 0.1) is 6.92 Å². The van der Waals surface area contributed by atoms with Crippen molar-refractivity contribution >= 4 is 5.91 Å². The quantitative estimate of drug-likeness (QED) is 0.853. The van der Waals surface area contributed by atoms with Crippen LogP contribution in [0.5, 0.6) is 0 Å². The van der Waals surface area contributed by atoms with Gasteiger partial charge in [-0.25, -0.2) is 0 Å². The van der Waals surface area contributed by atoms with Crippen LogP contribution in [-0.2, 0) is 13.5 Å². The highest BCUT2D eigenvalue weighted by atomic mass is 16.2. The molecule has 1 atom stereocenters. The first-order valence-corrected chi connectivity index (χ1v) is 8.52. The highest BCUT2D eigenvalue weighted by Gasteiger charge is 2.25. The summed E-state index contributed by atoms with van der Waals surface area (Å²) in [5.74, 6) is -0.115. The zero-order valence-electron chi connectivity index (χ0n) is 15.1. The number of nitrogens with zero attached hydrogens (tertiary/aromatic N) is 3. The predicted octanol–water partition coefficient (Wildman–Crippen LogP) is 1.81. The van der Waals surface area contributed by atoms with Crippen molar-refractivity contribution in [3.63, 3.8) is 0 Å². The summed E-state index contributed by atoms with van der Waals surface area (Å²) in [6.07, 6.45) is 3.84. The SMILES string of the molecule is CCc1c(C)cc(C(=O)N2CCC[C@@H](N(C)C)CC2)c(=O)n1C. The molecule has 1 saturated heterocycles. The van der Waals surface area contributed by atoms with Crippen molar-refractivity contribution in [3.8, 4) is 0 Å². The minimum atomic E-state index is -0.175. The van der Waals surface area contributed by atoms with Crippen molar-refractivity contribution in [2.45, 2.75) is 45.6 Å². The van der Waals surface area contributed by atoms with Gasteiger partial charge in [-0.3, -0.25) is 9.59 Å². The Kier molecular flexibility index (Phi) is 5.63. The summed E-state index contributed by atoms with van der Waals surface area (Å²) in [4.78, 5) is 29.5. The van der Waals surface area contributed by atoms with Crippen LogP contribution in [0.25, 0.3) is 0 Å². The summed E-state index contributed by atoms with van der Waals surface area (Å²) < 4.78 is 1.63. The third-order valence-electron chi connectivity index (χ3n) is 5.04. The minimum Gasteiger partial charge on any atom is -0.338 e. The third kappa shape index (κ3) is 3.66. The number of carbonyl (C=O) groups excluding carboxylic acids is 1. The zero-order chi connectivity index (χ0) is 17.1. The number of rotatable bonds is 3. The molecule has 1 amide bonds. The third-order valence-corrected chi connectivity index (χ3v) is 5.04. The molecule has 0 radical (unpaired) electrons. The summed E-state index contributed by atoms with van der Waals surface area (Å²) in [7, 11) is 5.94. The minimum absolute atomic E-state index is 0.115. The summed E-state index contributed by atoms with van der Waals surface area (Å²) >= 11 is 0. The van der Waals surface area contributed by atoms with Crippen molar-refractivity contribution in [2.75, 3.05) is 27.2 Å². The highest BCUT2D eigenvalue weighted by Crippen LogP contribution is 2.17. The molecule has 0 saturated carbocycles. The van der Waals surface area contributed by atoms with Crippen molar-refractivity contribution in [2.24, 2.45) is 7.05 Å². The molecule has 1 fully saturated rings. The Morgan fingerprint density at radius 1 is 1.30 bits per heavy atom. The Morgan fingerprint density at radius 2 is 2.00 bits per heavy atom.